The minimum Gasteiger partial charge on any atom is -0.495 e. The van der Waals surface area contributed by atoms with Crippen LogP contribution in [0, 0.1) is 5.82 Å². The van der Waals surface area contributed by atoms with Gasteiger partial charge in [-0.3, -0.25) is 9.59 Å². The van der Waals surface area contributed by atoms with Gasteiger partial charge in [-0.2, -0.15) is 0 Å². The lowest BCUT2D eigenvalue weighted by molar-refractivity contribution is -0.133. The first kappa shape index (κ1) is 15.8. The summed E-state index contributed by atoms with van der Waals surface area (Å²) in [4.78, 5) is 23.7. The molecule has 0 saturated carbocycles. The average Bonchev–Trinajstić information content (AvgIpc) is 2.51. The van der Waals surface area contributed by atoms with Gasteiger partial charge < -0.3 is 15.4 Å². The molecule has 0 aliphatic rings. The molecule has 0 heterocycles. The summed E-state index contributed by atoms with van der Waals surface area (Å²) in [6.07, 6.45) is 0. The summed E-state index contributed by atoms with van der Waals surface area (Å²) in [6, 6.07) is 10.3. The predicted molar refractivity (Wildman–Crippen MR) is 81.7 cm³/mol. The molecule has 0 aromatic heterocycles. The third-order valence-electron chi connectivity index (χ3n) is 2.74. The van der Waals surface area contributed by atoms with E-state index >= 15 is 0 Å². The summed E-state index contributed by atoms with van der Waals surface area (Å²) in [5.74, 6) is -1.98. The van der Waals surface area contributed by atoms with Crippen molar-refractivity contribution in [3.05, 3.63) is 53.3 Å². The van der Waals surface area contributed by atoms with Gasteiger partial charge in [-0.25, -0.2) is 4.39 Å². The van der Waals surface area contributed by atoms with E-state index in [-0.39, 0.29) is 10.7 Å². The predicted octanol–water partition coefficient (Wildman–Crippen LogP) is 3.06. The maximum absolute atomic E-state index is 13.0. The zero-order valence-electron chi connectivity index (χ0n) is 11.5. The molecule has 0 atom stereocenters. The molecular formula is C15H12ClFN2O3. The van der Waals surface area contributed by atoms with Crippen molar-refractivity contribution in [1.29, 1.82) is 0 Å². The number of carbonyl (C=O) groups is 2. The lowest BCUT2D eigenvalue weighted by atomic mass is 10.3. The van der Waals surface area contributed by atoms with Crippen LogP contribution in [0.2, 0.25) is 5.02 Å². The third kappa shape index (κ3) is 3.73. The Bertz CT molecular complexity index is 722. The van der Waals surface area contributed by atoms with Crippen LogP contribution >= 0.6 is 11.6 Å². The first-order valence-electron chi connectivity index (χ1n) is 6.21. The molecule has 2 N–H and O–H groups in total. The fourth-order valence-electron chi connectivity index (χ4n) is 1.69. The van der Waals surface area contributed by atoms with Crippen LogP contribution in [0.3, 0.4) is 0 Å². The van der Waals surface area contributed by atoms with E-state index in [4.69, 9.17) is 16.3 Å². The van der Waals surface area contributed by atoms with Crippen molar-refractivity contribution in [2.45, 2.75) is 0 Å². The first-order chi connectivity index (χ1) is 10.5. The quantitative estimate of drug-likeness (QED) is 0.853. The lowest BCUT2D eigenvalue weighted by Crippen LogP contribution is -2.29. The molecule has 2 amide bonds. The van der Waals surface area contributed by atoms with Crippen molar-refractivity contribution in [2.24, 2.45) is 0 Å². The maximum atomic E-state index is 13.0. The van der Waals surface area contributed by atoms with Crippen LogP contribution < -0.4 is 15.4 Å². The molecule has 5 nitrogen and oxygen atoms in total. The summed E-state index contributed by atoms with van der Waals surface area (Å²) in [5, 5.41) is 4.60. The van der Waals surface area contributed by atoms with E-state index in [9.17, 15) is 14.0 Å². The fourth-order valence-corrected chi connectivity index (χ4v) is 1.87. The molecule has 2 rings (SSSR count). The van der Waals surface area contributed by atoms with Crippen LogP contribution in [0.15, 0.2) is 42.5 Å². The molecule has 0 bridgehead atoms. The van der Waals surface area contributed by atoms with E-state index in [1.807, 2.05) is 0 Å². The highest BCUT2D eigenvalue weighted by atomic mass is 35.5. The third-order valence-corrected chi connectivity index (χ3v) is 3.03. The van der Waals surface area contributed by atoms with Gasteiger partial charge in [0.05, 0.1) is 17.8 Å². The van der Waals surface area contributed by atoms with Crippen LogP contribution in [-0.4, -0.2) is 18.9 Å². The SMILES string of the molecule is COc1ccccc1NC(=O)C(=O)Nc1ccc(F)c(Cl)c1. The molecule has 0 spiro atoms. The molecule has 0 aliphatic heterocycles. The first-order valence-corrected chi connectivity index (χ1v) is 6.59. The van der Waals surface area contributed by atoms with Crippen LogP contribution in [-0.2, 0) is 9.59 Å². The number of ether oxygens (including phenoxy) is 1. The molecule has 114 valence electrons. The second-order valence-electron chi connectivity index (χ2n) is 4.24. The van der Waals surface area contributed by atoms with Gasteiger partial charge in [-0.1, -0.05) is 23.7 Å². The smallest absolute Gasteiger partial charge is 0.314 e. The van der Waals surface area contributed by atoms with Gasteiger partial charge in [-0.15, -0.1) is 0 Å². The normalized spacial score (nSPS) is 9.95. The Morgan fingerprint density at radius 3 is 2.45 bits per heavy atom. The Morgan fingerprint density at radius 1 is 1.09 bits per heavy atom. The van der Waals surface area contributed by atoms with Gasteiger partial charge in [0.1, 0.15) is 11.6 Å². The highest BCUT2D eigenvalue weighted by Crippen LogP contribution is 2.23. The van der Waals surface area contributed by atoms with Gasteiger partial charge in [0, 0.05) is 5.69 Å². The lowest BCUT2D eigenvalue weighted by Gasteiger charge is -2.10. The van der Waals surface area contributed by atoms with Crippen molar-refractivity contribution < 1.29 is 18.7 Å². The number of rotatable bonds is 3. The Kier molecular flexibility index (Phi) is 4.95. The largest absolute Gasteiger partial charge is 0.495 e. The summed E-state index contributed by atoms with van der Waals surface area (Å²) >= 11 is 5.60. The number of methoxy groups -OCH3 is 1. The molecular weight excluding hydrogens is 311 g/mol. The van der Waals surface area contributed by atoms with E-state index in [1.165, 1.54) is 19.2 Å². The molecule has 0 aliphatic carbocycles. The highest BCUT2D eigenvalue weighted by Gasteiger charge is 2.16. The summed E-state index contributed by atoms with van der Waals surface area (Å²) in [5.41, 5.74) is 0.578. The average molecular weight is 323 g/mol. The van der Waals surface area contributed by atoms with Crippen molar-refractivity contribution in [2.75, 3.05) is 17.7 Å². The van der Waals surface area contributed by atoms with Gasteiger partial charge >= 0.3 is 11.8 Å². The van der Waals surface area contributed by atoms with Crippen molar-refractivity contribution in [3.63, 3.8) is 0 Å². The zero-order chi connectivity index (χ0) is 16.1. The Hall–Kier alpha value is -2.60. The van der Waals surface area contributed by atoms with E-state index < -0.39 is 17.6 Å². The molecule has 0 unspecified atom stereocenters. The highest BCUT2D eigenvalue weighted by molar-refractivity contribution is 6.44. The van der Waals surface area contributed by atoms with Crippen LogP contribution in [0.1, 0.15) is 0 Å². The molecule has 0 radical (unpaired) electrons. The topological polar surface area (TPSA) is 67.4 Å². The molecule has 2 aromatic rings. The van der Waals surface area contributed by atoms with E-state index in [1.54, 1.807) is 24.3 Å². The molecule has 7 heteroatoms. The maximum Gasteiger partial charge on any atom is 0.314 e. The van der Waals surface area contributed by atoms with Crippen LogP contribution in [0.5, 0.6) is 5.75 Å². The summed E-state index contributed by atoms with van der Waals surface area (Å²) in [7, 11) is 1.45. The molecule has 2 aromatic carbocycles. The molecule has 22 heavy (non-hydrogen) atoms. The van der Waals surface area contributed by atoms with Crippen molar-refractivity contribution in [1.82, 2.24) is 0 Å². The molecule has 0 saturated heterocycles. The number of nitrogens with one attached hydrogen (secondary N) is 2. The minimum absolute atomic E-state index is 0.150. The number of hydrogen-bond acceptors (Lipinski definition) is 3. The number of hydrogen-bond donors (Lipinski definition) is 2. The number of para-hydroxylation sites is 2. The van der Waals surface area contributed by atoms with Crippen molar-refractivity contribution in [3.8, 4) is 5.75 Å². The van der Waals surface area contributed by atoms with Gasteiger partial charge in [0.2, 0.25) is 0 Å². The van der Waals surface area contributed by atoms with E-state index in [0.29, 0.717) is 11.4 Å². The van der Waals surface area contributed by atoms with Crippen LogP contribution in [0.25, 0.3) is 0 Å². The summed E-state index contributed by atoms with van der Waals surface area (Å²) < 4.78 is 18.1. The zero-order valence-corrected chi connectivity index (χ0v) is 12.3. The standard InChI is InChI=1S/C15H12ClFN2O3/c1-22-13-5-3-2-4-12(13)19-15(21)14(20)18-9-6-7-11(17)10(16)8-9/h2-8H,1H3,(H,18,20)(H,19,21). The monoisotopic (exact) mass is 322 g/mol. The molecule has 0 fully saturated rings. The number of anilines is 2. The van der Waals surface area contributed by atoms with E-state index in [0.717, 1.165) is 6.07 Å². The number of benzene rings is 2. The van der Waals surface area contributed by atoms with Gasteiger partial charge in [0.25, 0.3) is 0 Å². The number of carbonyl (C=O) groups excluding carboxylic acids is 2. The fraction of sp³-hybridized carbons (Fsp3) is 0.0667. The minimum atomic E-state index is -0.909. The Morgan fingerprint density at radius 2 is 1.77 bits per heavy atom. The number of halogens is 2. The Balaban J connectivity index is 2.06. The number of amides is 2. The Labute approximate surface area is 131 Å². The second-order valence-corrected chi connectivity index (χ2v) is 4.64. The van der Waals surface area contributed by atoms with E-state index in [2.05, 4.69) is 10.6 Å². The van der Waals surface area contributed by atoms with Gasteiger partial charge in [-0.05, 0) is 30.3 Å². The second kappa shape index (κ2) is 6.91. The van der Waals surface area contributed by atoms with Crippen LogP contribution in [0.4, 0.5) is 15.8 Å². The van der Waals surface area contributed by atoms with Gasteiger partial charge in [0.15, 0.2) is 0 Å². The summed E-state index contributed by atoms with van der Waals surface area (Å²) in [6.45, 7) is 0. The van der Waals surface area contributed by atoms with Crippen molar-refractivity contribution >= 4 is 34.8 Å².